The summed E-state index contributed by atoms with van der Waals surface area (Å²) in [4.78, 5) is 38.1. The highest BCUT2D eigenvalue weighted by atomic mass is 16.6. The Morgan fingerprint density at radius 3 is 1.01 bits per heavy atom. The van der Waals surface area contributed by atoms with Crippen LogP contribution >= 0.6 is 0 Å². The summed E-state index contributed by atoms with van der Waals surface area (Å²) in [5, 5.41) is 0. The Balaban J connectivity index is 4.61. The van der Waals surface area contributed by atoms with E-state index in [9.17, 15) is 14.4 Å². The molecule has 0 amide bonds. The van der Waals surface area contributed by atoms with Crippen LogP contribution in [0.15, 0.2) is 146 Å². The van der Waals surface area contributed by atoms with Crippen molar-refractivity contribution < 1.29 is 28.6 Å². The molecule has 0 fully saturated rings. The van der Waals surface area contributed by atoms with Crippen LogP contribution in [-0.2, 0) is 28.6 Å². The Hall–Kier alpha value is -4.71. The van der Waals surface area contributed by atoms with Crippen molar-refractivity contribution in [3.8, 4) is 0 Å². The van der Waals surface area contributed by atoms with E-state index >= 15 is 0 Å². The van der Waals surface area contributed by atoms with E-state index in [1.807, 2.05) is 12.2 Å². The molecular formula is C64H100O6. The largest absolute Gasteiger partial charge is 0.462 e. The molecule has 0 radical (unpaired) electrons. The van der Waals surface area contributed by atoms with Crippen molar-refractivity contribution in [2.24, 2.45) is 0 Å². The van der Waals surface area contributed by atoms with Gasteiger partial charge in [0.1, 0.15) is 13.2 Å². The Kier molecular flexibility index (Phi) is 53.0. The quantitative estimate of drug-likeness (QED) is 0.0262. The fourth-order valence-electron chi connectivity index (χ4n) is 6.88. The zero-order valence-corrected chi connectivity index (χ0v) is 44.7. The van der Waals surface area contributed by atoms with Gasteiger partial charge in [0.15, 0.2) is 6.10 Å². The number of hydrogen-bond donors (Lipinski definition) is 0. The number of allylic oxidation sites excluding steroid dienone is 24. The molecule has 70 heavy (non-hydrogen) atoms. The lowest BCUT2D eigenvalue weighted by atomic mass is 10.1. The van der Waals surface area contributed by atoms with Crippen LogP contribution in [0.2, 0.25) is 0 Å². The summed E-state index contributed by atoms with van der Waals surface area (Å²) < 4.78 is 16.7. The van der Waals surface area contributed by atoms with E-state index in [-0.39, 0.29) is 44.0 Å². The Labute approximate surface area is 429 Å². The highest BCUT2D eigenvalue weighted by Crippen LogP contribution is 2.12. The summed E-state index contributed by atoms with van der Waals surface area (Å²) in [5.74, 6) is -1.07. The molecule has 0 aromatic heterocycles. The van der Waals surface area contributed by atoms with Gasteiger partial charge in [0, 0.05) is 19.3 Å². The molecule has 6 nitrogen and oxygen atoms in total. The van der Waals surface area contributed by atoms with E-state index in [0.717, 1.165) is 122 Å². The second-order valence-electron chi connectivity index (χ2n) is 17.7. The minimum atomic E-state index is -0.838. The summed E-state index contributed by atoms with van der Waals surface area (Å²) in [6, 6.07) is 0. The molecule has 1 atom stereocenters. The first-order valence-electron chi connectivity index (χ1n) is 27.8. The van der Waals surface area contributed by atoms with E-state index in [1.54, 1.807) is 0 Å². The third kappa shape index (κ3) is 54.2. The molecule has 0 aliphatic rings. The topological polar surface area (TPSA) is 78.9 Å². The van der Waals surface area contributed by atoms with Gasteiger partial charge in [0.2, 0.25) is 0 Å². The molecule has 0 aliphatic carbocycles. The maximum atomic E-state index is 12.8. The molecule has 0 N–H and O–H groups in total. The van der Waals surface area contributed by atoms with Crippen molar-refractivity contribution in [2.75, 3.05) is 13.2 Å². The van der Waals surface area contributed by atoms with Crippen molar-refractivity contribution in [3.63, 3.8) is 0 Å². The standard InChI is InChI=1S/C64H100O6/c1-4-7-10-13-16-19-22-25-28-30-32-34-36-39-42-45-48-51-54-57-63(66)69-60-61(59-68-62(65)56-53-50-47-44-41-38-27-24-21-18-15-12-9-6-3)70-64(67)58-55-52-49-46-43-40-37-35-33-31-29-26-23-20-17-14-11-8-5-2/h7,10,15-20,24-29,32-35,39-40,42-43,48,51,61H,4-6,8-9,11-14,21-23,30-31,36-38,41,44-47,49-50,52-60H2,1-3H3/b10-7+,18-15+,19-16+,20-17+,27-24+,28-25+,29-26+,34-32+,35-33+,42-39+,43-40+,51-48+/t61-/m1/s1. The summed E-state index contributed by atoms with van der Waals surface area (Å²) >= 11 is 0. The first-order valence-corrected chi connectivity index (χ1v) is 27.8. The van der Waals surface area contributed by atoms with Crippen LogP contribution in [0.1, 0.15) is 220 Å². The molecule has 0 aromatic rings. The van der Waals surface area contributed by atoms with Gasteiger partial charge >= 0.3 is 17.9 Å². The Bertz CT molecular complexity index is 1580. The Morgan fingerprint density at radius 1 is 0.300 bits per heavy atom. The highest BCUT2D eigenvalue weighted by Gasteiger charge is 2.19. The minimum Gasteiger partial charge on any atom is -0.462 e. The van der Waals surface area contributed by atoms with Crippen LogP contribution in [0, 0.1) is 0 Å². The van der Waals surface area contributed by atoms with Crippen molar-refractivity contribution in [3.05, 3.63) is 146 Å². The number of carbonyl (C=O) groups excluding carboxylic acids is 3. The number of carbonyl (C=O) groups is 3. The van der Waals surface area contributed by atoms with Gasteiger partial charge in [0.25, 0.3) is 0 Å². The normalized spacial score (nSPS) is 13.2. The fraction of sp³-hybridized carbons (Fsp3) is 0.578. The number of unbranched alkanes of at least 4 members (excludes halogenated alkanes) is 13. The van der Waals surface area contributed by atoms with E-state index in [2.05, 4.69) is 154 Å². The van der Waals surface area contributed by atoms with Crippen LogP contribution in [0.25, 0.3) is 0 Å². The number of rotatable bonds is 48. The van der Waals surface area contributed by atoms with Crippen molar-refractivity contribution in [1.82, 2.24) is 0 Å². The summed E-state index contributed by atoms with van der Waals surface area (Å²) in [6.07, 6.45) is 81.3. The molecule has 0 aliphatic heterocycles. The van der Waals surface area contributed by atoms with Gasteiger partial charge in [-0.3, -0.25) is 14.4 Å². The predicted molar refractivity (Wildman–Crippen MR) is 302 cm³/mol. The van der Waals surface area contributed by atoms with Crippen molar-refractivity contribution in [2.45, 2.75) is 226 Å². The third-order valence-corrected chi connectivity index (χ3v) is 11.1. The molecule has 392 valence electrons. The van der Waals surface area contributed by atoms with Crippen molar-refractivity contribution >= 4 is 17.9 Å². The molecule has 6 heteroatoms. The van der Waals surface area contributed by atoms with Crippen LogP contribution in [0.3, 0.4) is 0 Å². The van der Waals surface area contributed by atoms with Gasteiger partial charge in [-0.15, -0.1) is 0 Å². The summed E-state index contributed by atoms with van der Waals surface area (Å²) in [6.45, 7) is 6.33. The van der Waals surface area contributed by atoms with Crippen LogP contribution in [0.5, 0.6) is 0 Å². The first kappa shape index (κ1) is 65.3. The average molecular weight is 965 g/mol. The zero-order chi connectivity index (χ0) is 50.7. The molecule has 0 spiro atoms. The lowest BCUT2D eigenvalue weighted by molar-refractivity contribution is -0.166. The van der Waals surface area contributed by atoms with Gasteiger partial charge in [-0.25, -0.2) is 0 Å². The summed E-state index contributed by atoms with van der Waals surface area (Å²) in [5.41, 5.74) is 0. The maximum absolute atomic E-state index is 12.8. The van der Waals surface area contributed by atoms with Crippen LogP contribution < -0.4 is 0 Å². The van der Waals surface area contributed by atoms with E-state index in [1.165, 1.54) is 44.9 Å². The monoisotopic (exact) mass is 965 g/mol. The maximum Gasteiger partial charge on any atom is 0.306 e. The van der Waals surface area contributed by atoms with Crippen LogP contribution in [-0.4, -0.2) is 37.2 Å². The number of ether oxygens (including phenoxy) is 3. The molecule has 0 bridgehead atoms. The number of hydrogen-bond acceptors (Lipinski definition) is 6. The minimum absolute atomic E-state index is 0.128. The van der Waals surface area contributed by atoms with Gasteiger partial charge in [-0.1, -0.05) is 218 Å². The fourth-order valence-corrected chi connectivity index (χ4v) is 6.88. The predicted octanol–water partition coefficient (Wildman–Crippen LogP) is 18.8. The zero-order valence-electron chi connectivity index (χ0n) is 44.7. The number of esters is 3. The lowest BCUT2D eigenvalue weighted by Gasteiger charge is -2.18. The second kappa shape index (κ2) is 56.9. The van der Waals surface area contributed by atoms with Crippen molar-refractivity contribution in [1.29, 1.82) is 0 Å². The first-order chi connectivity index (χ1) is 34.5. The molecule has 0 aromatic carbocycles. The molecule has 0 rings (SSSR count). The molecule has 0 heterocycles. The van der Waals surface area contributed by atoms with E-state index in [4.69, 9.17) is 14.2 Å². The molecule has 0 saturated carbocycles. The Morgan fingerprint density at radius 2 is 0.600 bits per heavy atom. The van der Waals surface area contributed by atoms with Gasteiger partial charge < -0.3 is 14.2 Å². The lowest BCUT2D eigenvalue weighted by Crippen LogP contribution is -2.30. The highest BCUT2D eigenvalue weighted by molar-refractivity contribution is 5.71. The SMILES string of the molecule is CC/C=C/C/C=C/C/C=C/C/C=C/C/C=C/C/C=C/CCC(=O)OC[C@@H](COC(=O)CCCCCCC/C=C/C/C=C/CCCC)OC(=O)CCCCC/C=C/C/C=C/C/C=C/C/C=C/CCCCC. The third-order valence-electron chi connectivity index (χ3n) is 11.1. The van der Waals surface area contributed by atoms with Gasteiger partial charge in [-0.05, 0) is 128 Å². The average Bonchev–Trinajstić information content (AvgIpc) is 3.36. The van der Waals surface area contributed by atoms with Gasteiger partial charge in [-0.2, -0.15) is 0 Å². The molecule has 0 unspecified atom stereocenters. The molecular weight excluding hydrogens is 865 g/mol. The van der Waals surface area contributed by atoms with Crippen LogP contribution in [0.4, 0.5) is 0 Å². The smallest absolute Gasteiger partial charge is 0.306 e. The van der Waals surface area contributed by atoms with E-state index < -0.39 is 6.10 Å². The van der Waals surface area contributed by atoms with E-state index in [0.29, 0.717) is 19.3 Å². The van der Waals surface area contributed by atoms with Gasteiger partial charge in [0.05, 0.1) is 0 Å². The molecule has 0 saturated heterocycles. The summed E-state index contributed by atoms with van der Waals surface area (Å²) in [7, 11) is 0. The second-order valence-corrected chi connectivity index (χ2v) is 17.7.